The van der Waals surface area contributed by atoms with E-state index >= 15 is 0 Å². The van der Waals surface area contributed by atoms with Crippen LogP contribution in [0.4, 0.5) is 0 Å². The highest BCUT2D eigenvalue weighted by Gasteiger charge is 2.22. The van der Waals surface area contributed by atoms with Crippen molar-refractivity contribution < 1.29 is 4.74 Å². The topological polar surface area (TPSA) is 76.4 Å². The third-order valence-corrected chi connectivity index (χ3v) is 5.39. The predicted octanol–water partition coefficient (Wildman–Crippen LogP) is 1.84. The van der Waals surface area contributed by atoms with Crippen LogP contribution in [0, 0.1) is 5.92 Å². The lowest BCUT2D eigenvalue weighted by Crippen LogP contribution is -2.48. The Hall–Kier alpha value is -1.93. The minimum atomic E-state index is 0.304. The first kappa shape index (κ1) is 18.8. The second-order valence-electron chi connectivity index (χ2n) is 6.78. The van der Waals surface area contributed by atoms with Crippen molar-refractivity contribution >= 4 is 17.3 Å². The summed E-state index contributed by atoms with van der Waals surface area (Å²) in [6, 6.07) is 4.61. The molecule has 7 nitrogen and oxygen atoms in total. The average Bonchev–Trinajstić information content (AvgIpc) is 3.27. The molecule has 0 aliphatic carbocycles. The van der Waals surface area contributed by atoms with Crippen molar-refractivity contribution in [1.29, 1.82) is 0 Å². The molecule has 26 heavy (non-hydrogen) atoms. The predicted molar refractivity (Wildman–Crippen MR) is 105 cm³/mol. The standard InChI is InChI=1S/C18H28N6OS/c1-13(9-15-5-4-8-26-15)10-20-18(19-2)21-14-6-7-17-22-16(12-25-3)23-24(17)11-14/h4-5,8,13-14H,6-7,9-12H2,1-3H3,(H2,19,20,21). The molecule has 2 unspecified atom stereocenters. The van der Waals surface area contributed by atoms with Crippen molar-refractivity contribution in [2.45, 2.75) is 45.4 Å². The van der Waals surface area contributed by atoms with Crippen molar-refractivity contribution in [2.24, 2.45) is 10.9 Å². The van der Waals surface area contributed by atoms with Crippen LogP contribution in [-0.4, -0.2) is 47.5 Å². The summed E-state index contributed by atoms with van der Waals surface area (Å²) in [6.45, 7) is 4.43. The Morgan fingerprint density at radius 2 is 2.42 bits per heavy atom. The number of aromatic nitrogens is 3. The Morgan fingerprint density at radius 1 is 1.54 bits per heavy atom. The van der Waals surface area contributed by atoms with E-state index in [0.717, 1.165) is 50.0 Å². The van der Waals surface area contributed by atoms with E-state index in [1.54, 1.807) is 7.11 Å². The first-order chi connectivity index (χ1) is 12.7. The molecular weight excluding hydrogens is 348 g/mol. The van der Waals surface area contributed by atoms with Crippen molar-refractivity contribution in [1.82, 2.24) is 25.4 Å². The Morgan fingerprint density at radius 3 is 3.15 bits per heavy atom. The number of nitrogens with zero attached hydrogens (tertiary/aromatic N) is 4. The lowest BCUT2D eigenvalue weighted by molar-refractivity contribution is 0.177. The third kappa shape index (κ3) is 5.04. The number of rotatable bonds is 7. The van der Waals surface area contributed by atoms with Crippen molar-refractivity contribution in [3.05, 3.63) is 34.0 Å². The monoisotopic (exact) mass is 376 g/mol. The van der Waals surface area contributed by atoms with Crippen molar-refractivity contribution in [2.75, 3.05) is 20.7 Å². The molecule has 0 amide bonds. The smallest absolute Gasteiger partial charge is 0.191 e. The quantitative estimate of drug-likeness (QED) is 0.570. The van der Waals surface area contributed by atoms with Crippen LogP contribution in [0.3, 0.4) is 0 Å². The number of thiophene rings is 1. The van der Waals surface area contributed by atoms with Crippen LogP contribution in [0.2, 0.25) is 0 Å². The number of guanidine groups is 1. The lowest BCUT2D eigenvalue weighted by atomic mass is 10.1. The van der Waals surface area contributed by atoms with Gasteiger partial charge in [-0.25, -0.2) is 9.67 Å². The maximum atomic E-state index is 5.12. The minimum Gasteiger partial charge on any atom is -0.377 e. The fraction of sp³-hybridized carbons (Fsp3) is 0.611. The van der Waals surface area contributed by atoms with E-state index in [9.17, 15) is 0 Å². The van der Waals surface area contributed by atoms with Gasteiger partial charge in [0.1, 0.15) is 12.4 Å². The molecule has 2 aromatic rings. The summed E-state index contributed by atoms with van der Waals surface area (Å²) >= 11 is 1.82. The Labute approximate surface area is 158 Å². The van der Waals surface area contributed by atoms with E-state index in [-0.39, 0.29) is 0 Å². The van der Waals surface area contributed by atoms with Gasteiger partial charge in [-0.1, -0.05) is 13.0 Å². The summed E-state index contributed by atoms with van der Waals surface area (Å²) in [5.41, 5.74) is 0. The van der Waals surface area contributed by atoms with Gasteiger partial charge >= 0.3 is 0 Å². The molecule has 0 saturated heterocycles. The third-order valence-electron chi connectivity index (χ3n) is 4.49. The number of ether oxygens (including phenoxy) is 1. The fourth-order valence-electron chi connectivity index (χ4n) is 3.17. The molecular formula is C18H28N6OS. The van der Waals surface area contributed by atoms with Crippen LogP contribution in [-0.2, 0) is 30.7 Å². The Kier molecular flexibility index (Phi) is 6.62. The molecule has 2 N–H and O–H groups in total. The number of nitrogens with one attached hydrogen (secondary N) is 2. The number of fused-ring (bicyclic) bond motifs is 1. The molecule has 0 saturated carbocycles. The molecule has 0 fully saturated rings. The average molecular weight is 377 g/mol. The molecule has 1 aliphatic rings. The molecule has 8 heteroatoms. The Balaban J connectivity index is 1.47. The minimum absolute atomic E-state index is 0.304. The zero-order valence-corrected chi connectivity index (χ0v) is 16.6. The van der Waals surface area contributed by atoms with Crippen LogP contribution in [0.5, 0.6) is 0 Å². The summed E-state index contributed by atoms with van der Waals surface area (Å²) in [6.07, 6.45) is 3.03. The van der Waals surface area contributed by atoms with E-state index in [4.69, 9.17) is 4.74 Å². The maximum absolute atomic E-state index is 5.12. The van der Waals surface area contributed by atoms with Crippen LogP contribution in [0.15, 0.2) is 22.5 Å². The van der Waals surface area contributed by atoms with Gasteiger partial charge in [-0.3, -0.25) is 4.99 Å². The molecule has 0 radical (unpaired) electrons. The number of hydrogen-bond acceptors (Lipinski definition) is 5. The molecule has 1 aliphatic heterocycles. The molecule has 2 atom stereocenters. The second kappa shape index (κ2) is 9.14. The van der Waals surface area contributed by atoms with Gasteiger partial charge in [0.25, 0.3) is 0 Å². The summed E-state index contributed by atoms with van der Waals surface area (Å²) in [4.78, 5) is 10.3. The van der Waals surface area contributed by atoms with E-state index in [1.165, 1.54) is 4.88 Å². The Bertz CT molecular complexity index is 711. The number of aliphatic imine (C=N–C) groups is 1. The normalized spacial score (nSPS) is 18.4. The zero-order chi connectivity index (χ0) is 18.4. The van der Waals surface area contributed by atoms with E-state index in [1.807, 2.05) is 23.1 Å². The van der Waals surface area contributed by atoms with E-state index in [0.29, 0.717) is 18.6 Å². The summed E-state index contributed by atoms with van der Waals surface area (Å²) in [5, 5.41) is 13.6. The first-order valence-corrected chi connectivity index (χ1v) is 9.97. The molecule has 0 spiro atoms. The van der Waals surface area contributed by atoms with Gasteiger partial charge in [0, 0.05) is 38.0 Å². The van der Waals surface area contributed by atoms with Crippen molar-refractivity contribution in [3.8, 4) is 0 Å². The van der Waals surface area contributed by atoms with Gasteiger partial charge < -0.3 is 15.4 Å². The molecule has 0 aromatic carbocycles. The maximum Gasteiger partial charge on any atom is 0.191 e. The fourth-order valence-corrected chi connectivity index (χ4v) is 4.04. The van der Waals surface area contributed by atoms with Gasteiger partial charge in [-0.2, -0.15) is 5.10 Å². The van der Waals surface area contributed by atoms with Gasteiger partial charge in [-0.05, 0) is 30.2 Å². The molecule has 2 aromatic heterocycles. The summed E-state index contributed by atoms with van der Waals surface area (Å²) in [5.74, 6) is 3.21. The van der Waals surface area contributed by atoms with Gasteiger partial charge in [0.2, 0.25) is 0 Å². The van der Waals surface area contributed by atoms with Crippen LogP contribution in [0.25, 0.3) is 0 Å². The molecule has 3 rings (SSSR count). The largest absolute Gasteiger partial charge is 0.377 e. The highest BCUT2D eigenvalue weighted by Crippen LogP contribution is 2.15. The molecule has 0 bridgehead atoms. The SMILES string of the molecule is CN=C(NCC(C)Cc1cccs1)NC1CCc2nc(COC)nn2C1. The zero-order valence-electron chi connectivity index (χ0n) is 15.7. The van der Waals surface area contributed by atoms with Gasteiger partial charge in [-0.15, -0.1) is 11.3 Å². The molecule has 3 heterocycles. The van der Waals surface area contributed by atoms with Crippen LogP contribution in [0.1, 0.15) is 29.9 Å². The number of methoxy groups -OCH3 is 1. The highest BCUT2D eigenvalue weighted by atomic mass is 32.1. The lowest BCUT2D eigenvalue weighted by Gasteiger charge is -2.26. The number of hydrogen-bond donors (Lipinski definition) is 2. The van der Waals surface area contributed by atoms with Gasteiger partial charge in [0.05, 0.1) is 6.54 Å². The van der Waals surface area contributed by atoms with E-state index < -0.39 is 0 Å². The molecule has 142 valence electrons. The van der Waals surface area contributed by atoms with Gasteiger partial charge in [0.15, 0.2) is 11.8 Å². The second-order valence-corrected chi connectivity index (χ2v) is 7.81. The van der Waals surface area contributed by atoms with E-state index in [2.05, 4.69) is 50.1 Å². The highest BCUT2D eigenvalue weighted by molar-refractivity contribution is 7.09. The van der Waals surface area contributed by atoms with Crippen LogP contribution < -0.4 is 10.6 Å². The van der Waals surface area contributed by atoms with Crippen molar-refractivity contribution in [3.63, 3.8) is 0 Å². The van der Waals surface area contributed by atoms with Crippen LogP contribution >= 0.6 is 11.3 Å². The first-order valence-electron chi connectivity index (χ1n) is 9.09. The number of aryl methyl sites for hydroxylation is 1. The summed E-state index contributed by atoms with van der Waals surface area (Å²) < 4.78 is 7.11. The summed E-state index contributed by atoms with van der Waals surface area (Å²) in [7, 11) is 3.49.